The first-order valence-electron chi connectivity index (χ1n) is 17.3. The second-order valence-corrected chi connectivity index (χ2v) is 14.6. The maximum Gasteiger partial charge on any atom is 0.408 e. The van der Waals surface area contributed by atoms with Gasteiger partial charge >= 0.3 is 6.09 Å². The van der Waals surface area contributed by atoms with Gasteiger partial charge in [-0.05, 0) is 71.7 Å². The molecule has 0 fully saturated rings. The van der Waals surface area contributed by atoms with Crippen LogP contribution in [0.15, 0.2) is 140 Å². The van der Waals surface area contributed by atoms with E-state index < -0.39 is 29.2 Å². The SMILES string of the molecule is CC(C)(C)OC(=O)N[C@@H](Cc1ccc(OCc2ccc(C(C)(C)C)cc2)cc1)C(=O)NOC(c1ccccc1)(c1ccccc1)c1ccccc1. The lowest BCUT2D eigenvalue weighted by molar-refractivity contribution is -0.145. The van der Waals surface area contributed by atoms with Gasteiger partial charge in [0.25, 0.3) is 5.91 Å². The van der Waals surface area contributed by atoms with Crippen LogP contribution < -0.4 is 15.5 Å². The first-order valence-corrected chi connectivity index (χ1v) is 17.3. The molecule has 7 heteroatoms. The quantitative estimate of drug-likeness (QED) is 0.101. The van der Waals surface area contributed by atoms with Gasteiger partial charge in [-0.25, -0.2) is 10.3 Å². The molecule has 5 aromatic rings. The highest BCUT2D eigenvalue weighted by molar-refractivity contribution is 5.85. The zero-order valence-corrected chi connectivity index (χ0v) is 30.3. The highest BCUT2D eigenvalue weighted by Gasteiger charge is 2.40. The lowest BCUT2D eigenvalue weighted by Gasteiger charge is -2.35. The fraction of sp³-hybridized carbons (Fsp3) is 0.273. The average Bonchev–Trinajstić information content (AvgIpc) is 3.11. The Morgan fingerprint density at radius 3 is 1.51 bits per heavy atom. The van der Waals surface area contributed by atoms with Gasteiger partial charge in [0.1, 0.15) is 24.0 Å². The largest absolute Gasteiger partial charge is 0.489 e. The minimum absolute atomic E-state index is 0.0866. The highest BCUT2D eigenvalue weighted by atomic mass is 16.7. The number of rotatable bonds is 12. The maximum absolute atomic E-state index is 14.1. The van der Waals surface area contributed by atoms with Crippen molar-refractivity contribution in [3.05, 3.63) is 173 Å². The highest BCUT2D eigenvalue weighted by Crippen LogP contribution is 2.39. The van der Waals surface area contributed by atoms with Gasteiger partial charge in [0.05, 0.1) is 0 Å². The molecule has 51 heavy (non-hydrogen) atoms. The molecule has 0 aliphatic rings. The van der Waals surface area contributed by atoms with E-state index in [1.807, 2.05) is 115 Å². The summed E-state index contributed by atoms with van der Waals surface area (Å²) in [5.41, 5.74) is 6.49. The number of hydrogen-bond donors (Lipinski definition) is 2. The molecule has 0 unspecified atom stereocenters. The van der Waals surface area contributed by atoms with E-state index in [1.165, 1.54) is 5.56 Å². The fourth-order valence-electron chi connectivity index (χ4n) is 5.78. The van der Waals surface area contributed by atoms with Crippen LogP contribution >= 0.6 is 0 Å². The second kappa shape index (κ2) is 16.1. The molecule has 0 radical (unpaired) electrons. The van der Waals surface area contributed by atoms with Crippen molar-refractivity contribution in [2.24, 2.45) is 0 Å². The molecule has 0 bridgehead atoms. The molecule has 2 N–H and O–H groups in total. The molecule has 0 saturated carbocycles. The van der Waals surface area contributed by atoms with Crippen LogP contribution in [-0.4, -0.2) is 23.6 Å². The maximum atomic E-state index is 14.1. The predicted molar refractivity (Wildman–Crippen MR) is 201 cm³/mol. The van der Waals surface area contributed by atoms with E-state index in [4.69, 9.17) is 14.3 Å². The third-order valence-corrected chi connectivity index (χ3v) is 8.44. The van der Waals surface area contributed by atoms with Gasteiger partial charge in [-0.3, -0.25) is 9.63 Å². The number of ether oxygens (including phenoxy) is 2. The van der Waals surface area contributed by atoms with Gasteiger partial charge in [0.2, 0.25) is 0 Å². The molecule has 0 aliphatic carbocycles. The van der Waals surface area contributed by atoms with Crippen molar-refractivity contribution in [1.29, 1.82) is 0 Å². The zero-order valence-electron chi connectivity index (χ0n) is 30.3. The fourth-order valence-corrected chi connectivity index (χ4v) is 5.78. The molecule has 5 aromatic carbocycles. The van der Waals surface area contributed by atoms with Crippen molar-refractivity contribution in [1.82, 2.24) is 10.8 Å². The van der Waals surface area contributed by atoms with Crippen molar-refractivity contribution >= 4 is 12.0 Å². The summed E-state index contributed by atoms with van der Waals surface area (Å²) in [4.78, 5) is 33.6. The van der Waals surface area contributed by atoms with Crippen molar-refractivity contribution < 1.29 is 23.9 Å². The number of hydroxylamine groups is 1. The molecule has 5 rings (SSSR count). The Morgan fingerprint density at radius 2 is 1.06 bits per heavy atom. The Bertz CT molecular complexity index is 1750. The summed E-state index contributed by atoms with van der Waals surface area (Å²) in [7, 11) is 0. The van der Waals surface area contributed by atoms with Gasteiger partial charge < -0.3 is 14.8 Å². The third-order valence-electron chi connectivity index (χ3n) is 8.44. The van der Waals surface area contributed by atoms with Gasteiger partial charge in [0.15, 0.2) is 5.60 Å². The van der Waals surface area contributed by atoms with Gasteiger partial charge in [-0.1, -0.05) is 148 Å². The van der Waals surface area contributed by atoms with E-state index in [0.29, 0.717) is 12.4 Å². The van der Waals surface area contributed by atoms with Crippen LogP contribution in [0.4, 0.5) is 4.79 Å². The first-order chi connectivity index (χ1) is 24.3. The smallest absolute Gasteiger partial charge is 0.408 e. The van der Waals surface area contributed by atoms with Crippen LogP contribution in [0.2, 0.25) is 0 Å². The van der Waals surface area contributed by atoms with Crippen LogP contribution in [-0.2, 0) is 38.4 Å². The van der Waals surface area contributed by atoms with Crippen molar-refractivity contribution in [2.75, 3.05) is 0 Å². The molecule has 0 spiro atoms. The van der Waals surface area contributed by atoms with E-state index in [1.54, 1.807) is 20.8 Å². The van der Waals surface area contributed by atoms with Crippen LogP contribution in [0.5, 0.6) is 5.75 Å². The summed E-state index contributed by atoms with van der Waals surface area (Å²) in [6.45, 7) is 12.3. The summed E-state index contributed by atoms with van der Waals surface area (Å²) in [6.07, 6.45) is -0.529. The standard InChI is InChI=1S/C44H48N2O5/c1-42(2,3)34-26-22-33(23-27-34)31-49-38-28-24-32(25-29-38)30-39(45-41(48)50-43(4,5)6)40(47)46-51-44(35-16-10-7-11-17-35,36-18-12-8-13-19-36)37-20-14-9-15-21-37/h7-29,39H,30-31H2,1-6H3,(H,45,48)(H,46,47)/t39-/m0/s1. The van der Waals surface area contributed by atoms with Gasteiger partial charge in [0, 0.05) is 6.42 Å². The Labute approximate surface area is 301 Å². The minimum Gasteiger partial charge on any atom is -0.489 e. The molecule has 1 atom stereocenters. The number of nitrogens with one attached hydrogen (secondary N) is 2. The van der Waals surface area contributed by atoms with Crippen LogP contribution in [0.3, 0.4) is 0 Å². The molecule has 7 nitrogen and oxygen atoms in total. The molecular formula is C44H48N2O5. The van der Waals surface area contributed by atoms with Crippen molar-refractivity contribution in [3.63, 3.8) is 0 Å². The molecule has 264 valence electrons. The molecule has 0 aromatic heterocycles. The monoisotopic (exact) mass is 684 g/mol. The number of carbonyl (C=O) groups excluding carboxylic acids is 2. The summed E-state index contributed by atoms with van der Waals surface area (Å²) in [5, 5.41) is 2.77. The van der Waals surface area contributed by atoms with E-state index in [0.717, 1.165) is 27.8 Å². The molecule has 0 saturated heterocycles. The Hall–Kier alpha value is -5.40. The average molecular weight is 685 g/mol. The predicted octanol–water partition coefficient (Wildman–Crippen LogP) is 9.04. The van der Waals surface area contributed by atoms with E-state index in [2.05, 4.69) is 55.8 Å². The summed E-state index contributed by atoms with van der Waals surface area (Å²) >= 11 is 0. The van der Waals surface area contributed by atoms with Gasteiger partial charge in [-0.15, -0.1) is 0 Å². The molecular weight excluding hydrogens is 636 g/mol. The van der Waals surface area contributed by atoms with E-state index in [9.17, 15) is 9.59 Å². The lowest BCUT2D eigenvalue weighted by atomic mass is 9.80. The summed E-state index contributed by atoms with van der Waals surface area (Å²) in [6, 6.07) is 44.1. The number of alkyl carbamates (subject to hydrolysis) is 1. The Kier molecular flexibility index (Phi) is 11.6. The van der Waals surface area contributed by atoms with E-state index >= 15 is 0 Å². The number of amides is 2. The van der Waals surface area contributed by atoms with Gasteiger partial charge in [-0.2, -0.15) is 0 Å². The van der Waals surface area contributed by atoms with Crippen molar-refractivity contribution in [3.8, 4) is 5.75 Å². The number of hydrogen-bond acceptors (Lipinski definition) is 5. The van der Waals surface area contributed by atoms with E-state index in [-0.39, 0.29) is 11.8 Å². The van der Waals surface area contributed by atoms with Crippen LogP contribution in [0.1, 0.15) is 74.9 Å². The minimum atomic E-state index is -1.19. The number of benzene rings is 5. The summed E-state index contributed by atoms with van der Waals surface area (Å²) in [5.74, 6) is 0.161. The molecule has 0 aliphatic heterocycles. The normalized spacial score (nSPS) is 12.4. The first kappa shape index (κ1) is 36.9. The zero-order chi connectivity index (χ0) is 36.5. The number of carbonyl (C=O) groups is 2. The Morgan fingerprint density at radius 1 is 0.588 bits per heavy atom. The van der Waals surface area contributed by atoms with Crippen LogP contribution in [0, 0.1) is 0 Å². The molecule has 0 heterocycles. The third kappa shape index (κ3) is 9.86. The topological polar surface area (TPSA) is 85.9 Å². The summed E-state index contributed by atoms with van der Waals surface area (Å²) < 4.78 is 11.6. The van der Waals surface area contributed by atoms with Crippen LogP contribution in [0.25, 0.3) is 0 Å². The van der Waals surface area contributed by atoms with Crippen molar-refractivity contribution in [2.45, 2.75) is 77.2 Å². The Balaban J connectivity index is 1.36. The molecule has 2 amide bonds. The second-order valence-electron chi connectivity index (χ2n) is 14.6. The lowest BCUT2D eigenvalue weighted by Crippen LogP contribution is -2.51.